The van der Waals surface area contributed by atoms with E-state index in [9.17, 15) is 0 Å². The topological polar surface area (TPSA) is 51.5 Å². The summed E-state index contributed by atoms with van der Waals surface area (Å²) in [5.41, 5.74) is 1.37. The molecule has 0 aromatic heterocycles. The monoisotopic (exact) mass is 205 g/mol. The Bertz CT molecular complexity index is 391. The first-order chi connectivity index (χ1) is 7.33. The molecule has 0 saturated carbocycles. The lowest BCUT2D eigenvalue weighted by atomic mass is 10.1. The fourth-order valence-corrected chi connectivity index (χ4v) is 1.49. The molecule has 0 amide bonds. The number of hydrogen-bond donors (Lipinski definition) is 0. The lowest BCUT2D eigenvalue weighted by molar-refractivity contribution is -0.0442. The van der Waals surface area contributed by atoms with Gasteiger partial charge in [-0.2, -0.15) is 5.26 Å². The maximum Gasteiger partial charge on any atom is 0.184 e. The van der Waals surface area contributed by atoms with Crippen LogP contribution >= 0.6 is 0 Å². The molecule has 0 spiro atoms. The highest BCUT2D eigenvalue weighted by molar-refractivity contribution is 5.41. The van der Waals surface area contributed by atoms with Crippen LogP contribution in [0, 0.1) is 11.3 Å². The van der Waals surface area contributed by atoms with E-state index in [-0.39, 0.29) is 6.29 Å². The molecule has 1 fully saturated rings. The van der Waals surface area contributed by atoms with E-state index in [1.807, 2.05) is 6.07 Å². The summed E-state index contributed by atoms with van der Waals surface area (Å²) >= 11 is 0. The van der Waals surface area contributed by atoms with Gasteiger partial charge in [0, 0.05) is 5.56 Å². The molecule has 0 aliphatic carbocycles. The van der Waals surface area contributed by atoms with Crippen LogP contribution in [0.25, 0.3) is 0 Å². The second-order valence-electron chi connectivity index (χ2n) is 3.18. The van der Waals surface area contributed by atoms with Crippen molar-refractivity contribution in [2.24, 2.45) is 0 Å². The first-order valence-electron chi connectivity index (χ1n) is 4.66. The SMILES string of the molecule is COc1cc(C#N)cc(C2OCCO2)c1. The molecule has 1 aliphatic rings. The van der Waals surface area contributed by atoms with Crippen molar-refractivity contribution < 1.29 is 14.2 Å². The smallest absolute Gasteiger partial charge is 0.184 e. The number of ether oxygens (including phenoxy) is 3. The minimum atomic E-state index is -0.368. The van der Waals surface area contributed by atoms with Gasteiger partial charge in [-0.25, -0.2) is 0 Å². The summed E-state index contributed by atoms with van der Waals surface area (Å²) in [4.78, 5) is 0. The standard InChI is InChI=1S/C11H11NO3/c1-13-10-5-8(7-12)4-9(6-10)11-14-2-3-15-11/h4-6,11H,2-3H2,1H3. The molecule has 78 valence electrons. The van der Waals surface area contributed by atoms with Gasteiger partial charge in [-0.3, -0.25) is 0 Å². The number of nitriles is 1. The number of methoxy groups -OCH3 is 1. The fraction of sp³-hybridized carbons (Fsp3) is 0.364. The summed E-state index contributed by atoms with van der Waals surface area (Å²) in [5, 5.41) is 8.84. The van der Waals surface area contributed by atoms with E-state index in [1.54, 1.807) is 19.2 Å². The summed E-state index contributed by atoms with van der Waals surface area (Å²) in [5.74, 6) is 0.642. The lowest BCUT2D eigenvalue weighted by Crippen LogP contribution is -1.99. The van der Waals surface area contributed by atoms with Crippen LogP contribution in [0.4, 0.5) is 0 Å². The van der Waals surface area contributed by atoms with Crippen molar-refractivity contribution in [3.8, 4) is 11.8 Å². The molecule has 0 N–H and O–H groups in total. The minimum absolute atomic E-state index is 0.368. The van der Waals surface area contributed by atoms with Crippen molar-refractivity contribution in [2.75, 3.05) is 20.3 Å². The van der Waals surface area contributed by atoms with Crippen LogP contribution in [0.1, 0.15) is 17.4 Å². The van der Waals surface area contributed by atoms with E-state index in [0.29, 0.717) is 24.5 Å². The second kappa shape index (κ2) is 4.30. The zero-order chi connectivity index (χ0) is 10.7. The number of hydrogen-bond acceptors (Lipinski definition) is 4. The predicted octanol–water partition coefficient (Wildman–Crippen LogP) is 1.61. The van der Waals surface area contributed by atoms with Crippen molar-refractivity contribution in [3.63, 3.8) is 0 Å². The van der Waals surface area contributed by atoms with Crippen LogP contribution in [-0.2, 0) is 9.47 Å². The Kier molecular flexibility index (Phi) is 2.86. The van der Waals surface area contributed by atoms with E-state index in [2.05, 4.69) is 6.07 Å². The fourth-order valence-electron chi connectivity index (χ4n) is 1.49. The summed E-state index contributed by atoms with van der Waals surface area (Å²) in [7, 11) is 1.57. The molecular formula is C11H11NO3. The molecule has 1 aromatic rings. The van der Waals surface area contributed by atoms with Crippen LogP contribution < -0.4 is 4.74 Å². The molecule has 0 unspecified atom stereocenters. The molecular weight excluding hydrogens is 194 g/mol. The minimum Gasteiger partial charge on any atom is -0.497 e. The third-order valence-electron chi connectivity index (χ3n) is 2.19. The summed E-state index contributed by atoms with van der Waals surface area (Å²) in [6.45, 7) is 1.17. The van der Waals surface area contributed by atoms with Crippen LogP contribution in [0.15, 0.2) is 18.2 Å². The average Bonchev–Trinajstić information content (AvgIpc) is 2.81. The molecule has 4 nitrogen and oxygen atoms in total. The van der Waals surface area contributed by atoms with Crippen molar-refractivity contribution in [3.05, 3.63) is 29.3 Å². The molecule has 1 aromatic carbocycles. The zero-order valence-electron chi connectivity index (χ0n) is 8.40. The van der Waals surface area contributed by atoms with Crippen molar-refractivity contribution in [2.45, 2.75) is 6.29 Å². The van der Waals surface area contributed by atoms with Gasteiger partial charge in [0.1, 0.15) is 5.75 Å². The maximum atomic E-state index is 8.84. The quantitative estimate of drug-likeness (QED) is 0.736. The highest BCUT2D eigenvalue weighted by Gasteiger charge is 2.19. The highest BCUT2D eigenvalue weighted by Crippen LogP contribution is 2.27. The van der Waals surface area contributed by atoms with Gasteiger partial charge in [0.05, 0.1) is 32.0 Å². The normalized spacial score (nSPS) is 16.3. The molecule has 0 atom stereocenters. The maximum absolute atomic E-state index is 8.84. The van der Waals surface area contributed by atoms with Crippen molar-refractivity contribution in [1.82, 2.24) is 0 Å². The van der Waals surface area contributed by atoms with Crippen LogP contribution in [0.3, 0.4) is 0 Å². The second-order valence-corrected chi connectivity index (χ2v) is 3.18. The zero-order valence-corrected chi connectivity index (χ0v) is 8.40. The number of nitrogens with zero attached hydrogens (tertiary/aromatic N) is 1. The lowest BCUT2D eigenvalue weighted by Gasteiger charge is -2.11. The Labute approximate surface area is 88.0 Å². The molecule has 4 heteroatoms. The van der Waals surface area contributed by atoms with E-state index in [1.165, 1.54) is 0 Å². The number of rotatable bonds is 2. The number of benzene rings is 1. The van der Waals surface area contributed by atoms with Gasteiger partial charge in [0.15, 0.2) is 6.29 Å². The summed E-state index contributed by atoms with van der Waals surface area (Å²) in [6, 6.07) is 7.32. The largest absolute Gasteiger partial charge is 0.497 e. The van der Waals surface area contributed by atoms with Gasteiger partial charge in [0.2, 0.25) is 0 Å². The van der Waals surface area contributed by atoms with E-state index >= 15 is 0 Å². The molecule has 2 rings (SSSR count). The van der Waals surface area contributed by atoms with E-state index < -0.39 is 0 Å². The Morgan fingerprint density at radius 2 is 2.07 bits per heavy atom. The highest BCUT2D eigenvalue weighted by atomic mass is 16.7. The summed E-state index contributed by atoms with van der Waals surface area (Å²) < 4.78 is 15.8. The van der Waals surface area contributed by atoms with Gasteiger partial charge in [0.25, 0.3) is 0 Å². The first-order valence-corrected chi connectivity index (χ1v) is 4.66. The van der Waals surface area contributed by atoms with Crippen molar-refractivity contribution >= 4 is 0 Å². The molecule has 0 radical (unpaired) electrons. The third kappa shape index (κ3) is 2.09. The van der Waals surface area contributed by atoms with Gasteiger partial charge in [-0.1, -0.05) is 0 Å². The Balaban J connectivity index is 2.33. The average molecular weight is 205 g/mol. The van der Waals surface area contributed by atoms with Crippen LogP contribution in [0.5, 0.6) is 5.75 Å². The Hall–Kier alpha value is -1.57. The van der Waals surface area contributed by atoms with Gasteiger partial charge in [-0.05, 0) is 18.2 Å². The molecule has 1 saturated heterocycles. The van der Waals surface area contributed by atoms with E-state index in [4.69, 9.17) is 19.5 Å². The molecule has 1 heterocycles. The van der Waals surface area contributed by atoms with Crippen LogP contribution in [-0.4, -0.2) is 20.3 Å². The Morgan fingerprint density at radius 1 is 1.33 bits per heavy atom. The third-order valence-corrected chi connectivity index (χ3v) is 2.19. The molecule has 1 aliphatic heterocycles. The summed E-state index contributed by atoms with van der Waals surface area (Å²) in [6.07, 6.45) is -0.368. The van der Waals surface area contributed by atoms with Gasteiger partial charge < -0.3 is 14.2 Å². The van der Waals surface area contributed by atoms with Crippen LogP contribution in [0.2, 0.25) is 0 Å². The first kappa shape index (κ1) is 9.97. The molecule has 15 heavy (non-hydrogen) atoms. The predicted molar refractivity (Wildman–Crippen MR) is 52.4 cm³/mol. The van der Waals surface area contributed by atoms with Gasteiger partial charge in [-0.15, -0.1) is 0 Å². The Morgan fingerprint density at radius 3 is 2.67 bits per heavy atom. The van der Waals surface area contributed by atoms with Crippen molar-refractivity contribution in [1.29, 1.82) is 5.26 Å². The van der Waals surface area contributed by atoms with Gasteiger partial charge >= 0.3 is 0 Å². The molecule has 0 bridgehead atoms. The van der Waals surface area contributed by atoms with E-state index in [0.717, 1.165) is 5.56 Å².